The lowest BCUT2D eigenvalue weighted by atomic mass is 10.4. The summed E-state index contributed by atoms with van der Waals surface area (Å²) < 4.78 is 28.1. The van der Waals surface area contributed by atoms with Gasteiger partial charge in [-0.2, -0.15) is 0 Å². The Balaban J connectivity index is 2.24. The highest BCUT2D eigenvalue weighted by molar-refractivity contribution is 9.10. The Morgan fingerprint density at radius 2 is 2.19 bits per heavy atom. The number of fused-ring (bicyclic) bond motifs is 1. The van der Waals surface area contributed by atoms with Crippen LogP contribution in [0.3, 0.4) is 0 Å². The summed E-state index contributed by atoms with van der Waals surface area (Å²) in [4.78, 5) is 7.83. The van der Waals surface area contributed by atoms with E-state index in [0.29, 0.717) is 21.3 Å². The fraction of sp³-hybridized carbons (Fsp3) is 0.333. The molecule has 7 heteroatoms. The average Bonchev–Trinajstić information content (AvgIpc) is 2.68. The van der Waals surface area contributed by atoms with Crippen molar-refractivity contribution in [1.82, 2.24) is 14.5 Å². The molecule has 0 spiro atoms. The number of hydrogen-bond acceptors (Lipinski definition) is 3. The van der Waals surface area contributed by atoms with Gasteiger partial charge < -0.3 is 10.3 Å². The molecular weight excluding hydrogens is 282 g/mol. The van der Waals surface area contributed by atoms with Crippen LogP contribution in [0.25, 0.3) is 11.0 Å². The molecule has 0 saturated heterocycles. The molecule has 0 aromatic carbocycles. The van der Waals surface area contributed by atoms with Crippen molar-refractivity contribution < 1.29 is 8.78 Å². The van der Waals surface area contributed by atoms with Crippen molar-refractivity contribution in [3.05, 3.63) is 17.0 Å². The molecule has 2 aromatic rings. The van der Waals surface area contributed by atoms with Crippen molar-refractivity contribution in [3.63, 3.8) is 0 Å². The summed E-state index contributed by atoms with van der Waals surface area (Å²) in [6.45, 7) is 0. The zero-order valence-electron chi connectivity index (χ0n) is 7.99. The molecule has 1 fully saturated rings. The Labute approximate surface area is 97.6 Å². The van der Waals surface area contributed by atoms with E-state index in [-0.39, 0.29) is 6.42 Å². The van der Waals surface area contributed by atoms with E-state index in [1.54, 1.807) is 6.20 Å². The Morgan fingerprint density at radius 1 is 1.50 bits per heavy atom. The number of anilines is 1. The van der Waals surface area contributed by atoms with Crippen LogP contribution in [0.1, 0.15) is 12.5 Å². The topological polar surface area (TPSA) is 56.7 Å². The van der Waals surface area contributed by atoms with Gasteiger partial charge in [0, 0.05) is 17.1 Å². The van der Waals surface area contributed by atoms with Crippen LogP contribution >= 0.6 is 15.9 Å². The number of hydrogen-bond donors (Lipinski definition) is 1. The Morgan fingerprint density at radius 3 is 2.81 bits per heavy atom. The van der Waals surface area contributed by atoms with E-state index >= 15 is 0 Å². The van der Waals surface area contributed by atoms with Gasteiger partial charge in [-0.3, -0.25) is 0 Å². The molecule has 1 saturated carbocycles. The monoisotopic (exact) mass is 288 g/mol. The van der Waals surface area contributed by atoms with Gasteiger partial charge in [-0.15, -0.1) is 0 Å². The largest absolute Gasteiger partial charge is 0.383 e. The first-order chi connectivity index (χ1) is 7.50. The minimum Gasteiger partial charge on any atom is -0.383 e. The van der Waals surface area contributed by atoms with Crippen molar-refractivity contribution >= 4 is 32.8 Å². The molecule has 0 bridgehead atoms. The summed E-state index contributed by atoms with van der Waals surface area (Å²) in [5.41, 5.74) is 6.12. The minimum atomic E-state index is -2.63. The van der Waals surface area contributed by atoms with Gasteiger partial charge in [-0.1, -0.05) is 0 Å². The predicted octanol–water partition coefficient (Wildman–Crippen LogP) is 2.36. The van der Waals surface area contributed by atoms with Gasteiger partial charge in [0.2, 0.25) is 0 Å². The molecular formula is C9H7BrF2N4. The second-order valence-electron chi connectivity index (χ2n) is 3.82. The number of nitrogen functional groups attached to an aromatic ring is 1. The lowest BCUT2D eigenvalue weighted by Crippen LogP contribution is -2.02. The van der Waals surface area contributed by atoms with Crippen molar-refractivity contribution in [2.75, 3.05) is 5.73 Å². The molecule has 84 valence electrons. The molecule has 0 aliphatic heterocycles. The molecule has 2 aromatic heterocycles. The lowest BCUT2D eigenvalue weighted by Gasteiger charge is -2.02. The predicted molar refractivity (Wildman–Crippen MR) is 58.2 cm³/mol. The van der Waals surface area contributed by atoms with Gasteiger partial charge >= 0.3 is 0 Å². The van der Waals surface area contributed by atoms with Gasteiger partial charge in [0.05, 0.1) is 5.39 Å². The molecule has 16 heavy (non-hydrogen) atoms. The lowest BCUT2D eigenvalue weighted by molar-refractivity contribution is 0.101. The Hall–Kier alpha value is -1.24. The summed E-state index contributed by atoms with van der Waals surface area (Å²) in [6.07, 6.45) is 2.72. The molecule has 0 amide bonds. The quantitative estimate of drug-likeness (QED) is 0.876. The van der Waals surface area contributed by atoms with Gasteiger partial charge in [0.25, 0.3) is 5.92 Å². The standard InChI is InChI=1S/C9H7BrF2N4/c10-4-2-16(5-1-9(5,11)12)8-6(4)7(13)14-3-15-8/h2-3,5H,1H2,(H2,13,14,15). The van der Waals surface area contributed by atoms with Crippen LogP contribution in [0, 0.1) is 0 Å². The highest BCUT2D eigenvalue weighted by Crippen LogP contribution is 2.54. The van der Waals surface area contributed by atoms with Crippen molar-refractivity contribution in [3.8, 4) is 0 Å². The Kier molecular flexibility index (Phi) is 1.81. The zero-order valence-corrected chi connectivity index (χ0v) is 9.58. The van der Waals surface area contributed by atoms with E-state index in [2.05, 4.69) is 25.9 Å². The number of nitrogens with zero attached hydrogens (tertiary/aromatic N) is 3. The van der Waals surface area contributed by atoms with Crippen molar-refractivity contribution in [1.29, 1.82) is 0 Å². The number of alkyl halides is 2. The molecule has 0 radical (unpaired) electrons. The third-order valence-corrected chi connectivity index (χ3v) is 3.32. The maximum absolute atomic E-state index is 13.0. The van der Waals surface area contributed by atoms with Crippen LogP contribution in [-0.4, -0.2) is 20.5 Å². The molecule has 4 nitrogen and oxygen atoms in total. The van der Waals surface area contributed by atoms with Gasteiger partial charge in [0.15, 0.2) is 0 Å². The van der Waals surface area contributed by atoms with E-state index in [1.165, 1.54) is 10.9 Å². The van der Waals surface area contributed by atoms with Crippen molar-refractivity contribution in [2.45, 2.75) is 18.4 Å². The molecule has 2 heterocycles. The molecule has 1 aliphatic rings. The summed E-state index contributed by atoms with van der Waals surface area (Å²) in [6, 6.07) is -0.810. The molecule has 3 rings (SSSR count). The maximum Gasteiger partial charge on any atom is 0.270 e. The van der Waals surface area contributed by atoms with Crippen LogP contribution in [0.15, 0.2) is 17.0 Å². The van der Waals surface area contributed by atoms with E-state index in [1.807, 2.05) is 0 Å². The minimum absolute atomic E-state index is 0.146. The fourth-order valence-corrected chi connectivity index (χ4v) is 2.40. The smallest absolute Gasteiger partial charge is 0.270 e. The van der Waals surface area contributed by atoms with Crippen LogP contribution in [0.2, 0.25) is 0 Å². The van der Waals surface area contributed by atoms with E-state index in [0.717, 1.165) is 0 Å². The summed E-state index contributed by atoms with van der Waals surface area (Å²) in [5, 5.41) is 0.588. The first-order valence-corrected chi connectivity index (χ1v) is 5.44. The molecule has 2 N–H and O–H groups in total. The zero-order chi connectivity index (χ0) is 11.5. The molecule has 1 atom stereocenters. The molecule has 1 unspecified atom stereocenters. The first-order valence-electron chi connectivity index (χ1n) is 4.65. The SMILES string of the molecule is Nc1ncnc2c1c(Br)cn2C1CC1(F)F. The van der Waals surface area contributed by atoms with Gasteiger partial charge in [-0.05, 0) is 15.9 Å². The summed E-state index contributed by atoms with van der Waals surface area (Å²) >= 11 is 3.28. The number of halogens is 3. The number of nitrogens with two attached hydrogens (primary N) is 1. The third-order valence-electron chi connectivity index (χ3n) is 2.72. The third kappa shape index (κ3) is 1.24. The van der Waals surface area contributed by atoms with E-state index in [9.17, 15) is 8.78 Å². The summed E-state index contributed by atoms with van der Waals surface area (Å²) in [5.74, 6) is -2.34. The first kappa shape index (κ1) is 9.95. The van der Waals surface area contributed by atoms with E-state index in [4.69, 9.17) is 5.73 Å². The van der Waals surface area contributed by atoms with Gasteiger partial charge in [-0.25, -0.2) is 18.7 Å². The van der Waals surface area contributed by atoms with Crippen molar-refractivity contribution in [2.24, 2.45) is 0 Å². The highest BCUT2D eigenvalue weighted by atomic mass is 79.9. The average molecular weight is 289 g/mol. The van der Waals surface area contributed by atoms with Crippen LogP contribution in [0.5, 0.6) is 0 Å². The van der Waals surface area contributed by atoms with Crippen LogP contribution < -0.4 is 5.73 Å². The fourth-order valence-electron chi connectivity index (χ4n) is 1.80. The number of rotatable bonds is 1. The summed E-state index contributed by atoms with van der Waals surface area (Å²) in [7, 11) is 0. The van der Waals surface area contributed by atoms with Crippen LogP contribution in [-0.2, 0) is 0 Å². The second-order valence-corrected chi connectivity index (χ2v) is 4.68. The van der Waals surface area contributed by atoms with Gasteiger partial charge in [0.1, 0.15) is 23.8 Å². The normalized spacial score (nSPS) is 22.6. The highest BCUT2D eigenvalue weighted by Gasteiger charge is 2.58. The maximum atomic E-state index is 13.0. The second kappa shape index (κ2) is 2.91. The Bertz CT molecular complexity index is 580. The molecule has 1 aliphatic carbocycles. The van der Waals surface area contributed by atoms with E-state index < -0.39 is 12.0 Å². The van der Waals surface area contributed by atoms with Crippen LogP contribution in [0.4, 0.5) is 14.6 Å². The number of aromatic nitrogens is 3.